The second-order valence-electron chi connectivity index (χ2n) is 10.7. The first-order valence-electron chi connectivity index (χ1n) is 14.9. The van der Waals surface area contributed by atoms with Gasteiger partial charge in [0.15, 0.2) is 0 Å². The van der Waals surface area contributed by atoms with Gasteiger partial charge in [-0.2, -0.15) is 31.3 Å². The molecule has 3 heterocycles. The van der Waals surface area contributed by atoms with Gasteiger partial charge in [0.1, 0.15) is 0 Å². The first-order chi connectivity index (χ1) is 22.7. The van der Waals surface area contributed by atoms with E-state index in [4.69, 9.17) is 19.3 Å². The summed E-state index contributed by atoms with van der Waals surface area (Å²) in [5.74, 6) is -1.04. The second-order valence-corrected chi connectivity index (χ2v) is 10.7. The van der Waals surface area contributed by atoms with Gasteiger partial charge in [-0.1, -0.05) is 6.92 Å². The van der Waals surface area contributed by atoms with Crippen LogP contribution in [0.2, 0.25) is 0 Å². The van der Waals surface area contributed by atoms with Crippen LogP contribution in [0.15, 0.2) is 42.6 Å². The molecule has 1 aliphatic rings. The van der Waals surface area contributed by atoms with Crippen LogP contribution < -0.4 is 19.3 Å². The molecule has 0 bridgehead atoms. The maximum atomic E-state index is 13.8. The number of carbonyl (C=O) groups is 2. The van der Waals surface area contributed by atoms with Crippen LogP contribution in [-0.4, -0.2) is 58.5 Å². The van der Waals surface area contributed by atoms with Crippen LogP contribution in [0.5, 0.6) is 11.8 Å². The zero-order valence-electron chi connectivity index (χ0n) is 26.1. The van der Waals surface area contributed by atoms with Crippen LogP contribution in [0.3, 0.4) is 0 Å². The Bertz CT molecular complexity index is 1570. The molecule has 2 atom stereocenters. The third-order valence-electron chi connectivity index (χ3n) is 7.49. The number of benzene rings is 1. The van der Waals surface area contributed by atoms with Gasteiger partial charge in [0, 0.05) is 37.3 Å². The summed E-state index contributed by atoms with van der Waals surface area (Å²) in [5, 5.41) is 8.92. The zero-order valence-corrected chi connectivity index (χ0v) is 26.1. The first-order valence-corrected chi connectivity index (χ1v) is 14.9. The van der Waals surface area contributed by atoms with Crippen LogP contribution in [0.25, 0.3) is 0 Å². The molecular formula is C31H33F6N5O6. The van der Waals surface area contributed by atoms with Crippen molar-refractivity contribution >= 4 is 23.7 Å². The molecule has 0 saturated carbocycles. The summed E-state index contributed by atoms with van der Waals surface area (Å²) in [6, 6.07) is 4.30. The number of rotatable bonds is 12. The van der Waals surface area contributed by atoms with E-state index in [0.717, 1.165) is 0 Å². The highest BCUT2D eigenvalue weighted by molar-refractivity contribution is 5.90. The molecule has 3 aromatic rings. The van der Waals surface area contributed by atoms with E-state index in [-0.39, 0.29) is 67.5 Å². The van der Waals surface area contributed by atoms with Gasteiger partial charge in [-0.25, -0.2) is 14.8 Å². The molecule has 260 valence electrons. The maximum Gasteiger partial charge on any atom is 0.416 e. The van der Waals surface area contributed by atoms with E-state index in [9.17, 15) is 35.9 Å². The summed E-state index contributed by atoms with van der Waals surface area (Å²) >= 11 is 0. The molecule has 48 heavy (non-hydrogen) atoms. The van der Waals surface area contributed by atoms with E-state index in [1.54, 1.807) is 13.0 Å². The minimum atomic E-state index is -5.08. The number of ether oxygens (including phenoxy) is 3. The van der Waals surface area contributed by atoms with Crippen molar-refractivity contribution in [3.63, 3.8) is 0 Å². The Morgan fingerprint density at radius 3 is 2.27 bits per heavy atom. The SMILES string of the molecule is CCOC(=O)N1c2ccc(OC)nc2[C@@H](N(Cc2cc(C(F)(F)F)cc(C(F)(F)F)c2)c2nccc(OCCCC(=O)O)n2)C[C@H]1CC. The number of fused-ring (bicyclic) bond motifs is 1. The number of halogens is 6. The van der Waals surface area contributed by atoms with Crippen molar-refractivity contribution in [1.82, 2.24) is 15.0 Å². The Balaban J connectivity index is 1.89. The van der Waals surface area contributed by atoms with Crippen LogP contribution in [0.1, 0.15) is 68.0 Å². The summed E-state index contributed by atoms with van der Waals surface area (Å²) in [6.45, 7) is 2.94. The van der Waals surface area contributed by atoms with Crippen molar-refractivity contribution in [2.75, 3.05) is 30.1 Å². The smallest absolute Gasteiger partial charge is 0.416 e. The Hall–Kier alpha value is -4.83. The molecule has 0 saturated heterocycles. The predicted molar refractivity (Wildman–Crippen MR) is 159 cm³/mol. The van der Waals surface area contributed by atoms with Gasteiger partial charge < -0.3 is 24.2 Å². The number of alkyl halides is 6. The van der Waals surface area contributed by atoms with E-state index in [0.29, 0.717) is 24.2 Å². The van der Waals surface area contributed by atoms with Crippen molar-refractivity contribution in [3.05, 3.63) is 65.0 Å². The molecule has 4 rings (SSSR count). The molecule has 0 aliphatic carbocycles. The number of carboxylic acids is 1. The molecule has 1 aromatic carbocycles. The van der Waals surface area contributed by atoms with E-state index < -0.39 is 54.2 Å². The highest BCUT2D eigenvalue weighted by Gasteiger charge is 2.42. The number of aromatic nitrogens is 3. The van der Waals surface area contributed by atoms with Gasteiger partial charge in [0.25, 0.3) is 0 Å². The molecule has 0 unspecified atom stereocenters. The number of methoxy groups -OCH3 is 1. The van der Waals surface area contributed by atoms with Crippen LogP contribution >= 0.6 is 0 Å². The monoisotopic (exact) mass is 685 g/mol. The number of hydrogen-bond donors (Lipinski definition) is 1. The number of hydrogen-bond acceptors (Lipinski definition) is 9. The van der Waals surface area contributed by atoms with Crippen molar-refractivity contribution in [2.24, 2.45) is 0 Å². The first kappa shape index (κ1) is 36.0. The lowest BCUT2D eigenvalue weighted by molar-refractivity contribution is -0.143. The summed E-state index contributed by atoms with van der Waals surface area (Å²) in [7, 11) is 1.36. The van der Waals surface area contributed by atoms with Crippen LogP contribution in [0.4, 0.5) is 42.8 Å². The molecule has 2 aromatic heterocycles. The van der Waals surface area contributed by atoms with Crippen LogP contribution in [0, 0.1) is 0 Å². The quantitative estimate of drug-likeness (QED) is 0.156. The zero-order chi connectivity index (χ0) is 35.2. The third-order valence-corrected chi connectivity index (χ3v) is 7.49. The van der Waals surface area contributed by atoms with Crippen LogP contribution in [-0.2, 0) is 28.4 Å². The lowest BCUT2D eigenvalue weighted by Crippen LogP contribution is -2.48. The number of carbonyl (C=O) groups excluding carboxylic acids is 1. The van der Waals surface area contributed by atoms with Gasteiger partial charge >= 0.3 is 24.4 Å². The summed E-state index contributed by atoms with van der Waals surface area (Å²) in [5.41, 5.74) is -2.83. The van der Waals surface area contributed by atoms with E-state index in [1.807, 2.05) is 6.92 Å². The molecule has 1 N–H and O–H groups in total. The molecule has 17 heteroatoms. The van der Waals surface area contributed by atoms with E-state index >= 15 is 0 Å². The topological polar surface area (TPSA) is 127 Å². The van der Waals surface area contributed by atoms with E-state index in [2.05, 4.69) is 15.0 Å². The molecule has 1 aliphatic heterocycles. The van der Waals surface area contributed by atoms with Gasteiger partial charge in [0.05, 0.1) is 48.9 Å². The van der Waals surface area contributed by atoms with Crippen molar-refractivity contribution in [3.8, 4) is 11.8 Å². The summed E-state index contributed by atoms with van der Waals surface area (Å²) < 4.78 is 99.2. The van der Waals surface area contributed by atoms with Crippen molar-refractivity contribution in [1.29, 1.82) is 0 Å². The molecular weight excluding hydrogens is 652 g/mol. The molecule has 11 nitrogen and oxygen atoms in total. The number of aliphatic carboxylic acids is 1. The number of pyridine rings is 1. The van der Waals surface area contributed by atoms with Gasteiger partial charge in [-0.05, 0) is 56.0 Å². The Morgan fingerprint density at radius 2 is 1.69 bits per heavy atom. The number of amides is 1. The summed E-state index contributed by atoms with van der Waals surface area (Å²) in [4.78, 5) is 40.1. The lowest BCUT2D eigenvalue weighted by atomic mass is 9.92. The highest BCUT2D eigenvalue weighted by Crippen LogP contribution is 2.44. The normalized spacial score (nSPS) is 16.2. The average Bonchev–Trinajstić information content (AvgIpc) is 3.03. The maximum absolute atomic E-state index is 13.8. The minimum absolute atomic E-state index is 0.00904. The molecule has 0 radical (unpaired) electrons. The third kappa shape index (κ3) is 8.55. The number of carboxylic acid groups (broad SMARTS) is 1. The fraction of sp³-hybridized carbons (Fsp3) is 0.452. The fourth-order valence-corrected chi connectivity index (χ4v) is 5.33. The number of nitrogens with zero attached hydrogens (tertiary/aromatic N) is 5. The molecule has 1 amide bonds. The average molecular weight is 686 g/mol. The van der Waals surface area contributed by atoms with Crippen molar-refractivity contribution < 1.29 is 55.2 Å². The Morgan fingerprint density at radius 1 is 1.00 bits per heavy atom. The fourth-order valence-electron chi connectivity index (χ4n) is 5.33. The number of anilines is 2. The standard InChI is InChI=1S/C31H33F6N5O6/c1-4-21-16-23(27-22(8-9-24(39-27)46-3)42(21)29(45)47-5-2)41(28-38-11-10-25(40-28)48-12-6-7-26(43)44)17-18-13-19(30(32,33)34)15-20(14-18)31(35,36)37/h8-11,13-15,21,23H,4-7,12,16-17H2,1-3H3,(H,43,44)/t21-,23+/m1/s1. The second kappa shape index (κ2) is 14.9. The molecule has 0 fully saturated rings. The molecule has 0 spiro atoms. The van der Waals surface area contributed by atoms with Gasteiger partial charge in [-0.15, -0.1) is 0 Å². The Labute approximate surface area is 271 Å². The largest absolute Gasteiger partial charge is 0.481 e. The Kier molecular flexibility index (Phi) is 11.2. The lowest BCUT2D eigenvalue weighted by Gasteiger charge is -2.43. The summed E-state index contributed by atoms with van der Waals surface area (Å²) in [6.07, 6.45) is -9.08. The van der Waals surface area contributed by atoms with E-state index in [1.165, 1.54) is 35.2 Å². The highest BCUT2D eigenvalue weighted by atomic mass is 19.4. The predicted octanol–water partition coefficient (Wildman–Crippen LogP) is 7.05. The van der Waals surface area contributed by atoms with Gasteiger partial charge in [0.2, 0.25) is 17.7 Å². The van der Waals surface area contributed by atoms with Crippen molar-refractivity contribution in [2.45, 2.75) is 70.5 Å². The van der Waals surface area contributed by atoms with Gasteiger partial charge in [-0.3, -0.25) is 9.69 Å². The minimum Gasteiger partial charge on any atom is -0.481 e.